The van der Waals surface area contributed by atoms with Gasteiger partial charge in [-0.2, -0.15) is 4.31 Å². The molecule has 6 nitrogen and oxygen atoms in total. The van der Waals surface area contributed by atoms with Crippen molar-refractivity contribution in [1.82, 2.24) is 9.21 Å². The van der Waals surface area contributed by atoms with Crippen LogP contribution in [0.2, 0.25) is 0 Å². The van der Waals surface area contributed by atoms with Crippen molar-refractivity contribution in [2.45, 2.75) is 31.1 Å². The van der Waals surface area contributed by atoms with Gasteiger partial charge in [-0.1, -0.05) is 36.4 Å². The van der Waals surface area contributed by atoms with E-state index in [0.717, 1.165) is 6.42 Å². The lowest BCUT2D eigenvalue weighted by molar-refractivity contribution is -0.136. The van der Waals surface area contributed by atoms with Crippen molar-refractivity contribution in [2.24, 2.45) is 5.92 Å². The SMILES string of the molecule is CCOc1ccc(S(=O)(=O)N2CCC(C(=O)N3CC=C(c4ccccc4)CC3)CC2)cc1. The Kier molecular flexibility index (Phi) is 6.96. The third kappa shape index (κ3) is 4.89. The van der Waals surface area contributed by atoms with E-state index in [2.05, 4.69) is 18.2 Å². The largest absolute Gasteiger partial charge is 0.494 e. The molecule has 0 radical (unpaired) electrons. The lowest BCUT2D eigenvalue weighted by Crippen LogP contribution is -2.45. The van der Waals surface area contributed by atoms with Crippen molar-refractivity contribution < 1.29 is 17.9 Å². The van der Waals surface area contributed by atoms with Gasteiger partial charge in [0.2, 0.25) is 15.9 Å². The van der Waals surface area contributed by atoms with Gasteiger partial charge in [0.1, 0.15) is 5.75 Å². The van der Waals surface area contributed by atoms with Gasteiger partial charge in [-0.25, -0.2) is 8.42 Å². The Labute approximate surface area is 190 Å². The van der Waals surface area contributed by atoms with Crippen LogP contribution in [0.15, 0.2) is 65.6 Å². The molecule has 0 saturated carbocycles. The summed E-state index contributed by atoms with van der Waals surface area (Å²) in [7, 11) is -3.56. The number of piperidine rings is 1. The first-order valence-corrected chi connectivity index (χ1v) is 12.7. The Morgan fingerprint density at radius 2 is 1.69 bits per heavy atom. The van der Waals surface area contributed by atoms with E-state index >= 15 is 0 Å². The Morgan fingerprint density at radius 1 is 1.00 bits per heavy atom. The molecule has 0 aliphatic carbocycles. The van der Waals surface area contributed by atoms with Crippen molar-refractivity contribution in [1.29, 1.82) is 0 Å². The second-order valence-corrected chi connectivity index (χ2v) is 10.2. The maximum Gasteiger partial charge on any atom is 0.243 e. The highest BCUT2D eigenvalue weighted by atomic mass is 32.2. The fourth-order valence-electron chi connectivity index (χ4n) is 4.41. The van der Waals surface area contributed by atoms with Crippen molar-refractivity contribution >= 4 is 21.5 Å². The van der Waals surface area contributed by atoms with Gasteiger partial charge >= 0.3 is 0 Å². The number of amides is 1. The van der Waals surface area contributed by atoms with Gasteiger partial charge in [0.15, 0.2) is 0 Å². The molecule has 0 aromatic heterocycles. The van der Waals surface area contributed by atoms with Crippen molar-refractivity contribution in [2.75, 3.05) is 32.8 Å². The maximum absolute atomic E-state index is 13.0. The number of carbonyl (C=O) groups excluding carboxylic acids is 1. The molecule has 2 aliphatic rings. The second-order valence-electron chi connectivity index (χ2n) is 8.21. The Morgan fingerprint density at radius 3 is 2.28 bits per heavy atom. The Hall–Kier alpha value is -2.64. The minimum atomic E-state index is -3.56. The van der Waals surface area contributed by atoms with Crippen LogP contribution in [-0.4, -0.2) is 56.3 Å². The molecule has 0 unspecified atom stereocenters. The molecule has 0 N–H and O–H groups in total. The van der Waals surface area contributed by atoms with Gasteiger partial charge in [-0.3, -0.25) is 4.79 Å². The van der Waals surface area contributed by atoms with Gasteiger partial charge in [0.05, 0.1) is 11.5 Å². The van der Waals surface area contributed by atoms with E-state index in [1.807, 2.05) is 30.0 Å². The zero-order valence-electron chi connectivity index (χ0n) is 18.4. The molecule has 0 bridgehead atoms. The van der Waals surface area contributed by atoms with Gasteiger partial charge < -0.3 is 9.64 Å². The van der Waals surface area contributed by atoms with Gasteiger partial charge in [-0.15, -0.1) is 0 Å². The van der Waals surface area contributed by atoms with Crippen molar-refractivity contribution in [3.05, 3.63) is 66.2 Å². The molecule has 2 aromatic carbocycles. The molecule has 1 amide bonds. The topological polar surface area (TPSA) is 66.9 Å². The standard InChI is InChI=1S/C25H30N2O4S/c1-2-31-23-8-10-24(11-9-23)32(29,30)27-18-14-22(15-19-27)25(28)26-16-12-21(13-17-26)20-6-4-3-5-7-20/h3-12,22H,2,13-19H2,1H3. The molecule has 7 heteroatoms. The predicted octanol–water partition coefficient (Wildman–Crippen LogP) is 3.80. The van der Waals surface area contributed by atoms with Gasteiger partial charge in [-0.05, 0) is 61.6 Å². The summed E-state index contributed by atoms with van der Waals surface area (Å²) in [5.41, 5.74) is 2.50. The lowest BCUT2D eigenvalue weighted by Gasteiger charge is -2.34. The maximum atomic E-state index is 13.0. The normalized spacial score (nSPS) is 18.3. The number of nitrogens with zero attached hydrogens (tertiary/aromatic N) is 2. The van der Waals surface area contributed by atoms with E-state index in [9.17, 15) is 13.2 Å². The molecular formula is C25H30N2O4S. The summed E-state index contributed by atoms with van der Waals surface area (Å²) >= 11 is 0. The number of rotatable bonds is 6. The third-order valence-corrected chi connectivity index (χ3v) is 8.15. The molecule has 0 atom stereocenters. The molecule has 1 fully saturated rings. The average Bonchev–Trinajstić information content (AvgIpc) is 2.85. The van der Waals surface area contributed by atoms with Crippen LogP contribution in [0.1, 0.15) is 31.7 Å². The zero-order valence-corrected chi connectivity index (χ0v) is 19.3. The van der Waals surface area contributed by atoms with Gasteiger partial charge in [0, 0.05) is 32.1 Å². The van der Waals surface area contributed by atoms with E-state index in [4.69, 9.17) is 4.74 Å². The fraction of sp³-hybridized carbons (Fsp3) is 0.400. The van der Waals surface area contributed by atoms with Crippen molar-refractivity contribution in [3.63, 3.8) is 0 Å². The summed E-state index contributed by atoms with van der Waals surface area (Å²) in [6.45, 7) is 4.49. The average molecular weight is 455 g/mol. The number of ether oxygens (including phenoxy) is 1. The first-order chi connectivity index (χ1) is 15.5. The highest BCUT2D eigenvalue weighted by Crippen LogP contribution is 2.28. The summed E-state index contributed by atoms with van der Waals surface area (Å²) < 4.78 is 32.9. The van der Waals surface area contributed by atoms with E-state index in [0.29, 0.717) is 51.4 Å². The molecule has 170 valence electrons. The second kappa shape index (κ2) is 9.88. The summed E-state index contributed by atoms with van der Waals surface area (Å²) in [5, 5.41) is 0. The summed E-state index contributed by atoms with van der Waals surface area (Å²) in [6.07, 6.45) is 4.10. The predicted molar refractivity (Wildman–Crippen MR) is 125 cm³/mol. The van der Waals surface area contributed by atoms with Crippen LogP contribution in [0, 0.1) is 5.92 Å². The minimum Gasteiger partial charge on any atom is -0.494 e. The van der Waals surface area contributed by atoms with Crippen LogP contribution in [0.25, 0.3) is 5.57 Å². The molecule has 2 heterocycles. The monoisotopic (exact) mass is 454 g/mol. The van der Waals surface area contributed by atoms with Crippen molar-refractivity contribution in [3.8, 4) is 5.75 Å². The highest BCUT2D eigenvalue weighted by Gasteiger charge is 2.34. The van der Waals surface area contributed by atoms with Crippen LogP contribution in [0.5, 0.6) is 5.75 Å². The van der Waals surface area contributed by atoms with E-state index < -0.39 is 10.0 Å². The van der Waals surface area contributed by atoms with Gasteiger partial charge in [0.25, 0.3) is 0 Å². The minimum absolute atomic E-state index is 0.117. The van der Waals surface area contributed by atoms with Crippen LogP contribution in [0.3, 0.4) is 0 Å². The molecule has 2 aliphatic heterocycles. The smallest absolute Gasteiger partial charge is 0.243 e. The van der Waals surface area contributed by atoms with Crippen LogP contribution >= 0.6 is 0 Å². The quantitative estimate of drug-likeness (QED) is 0.666. The summed E-state index contributed by atoms with van der Waals surface area (Å²) in [4.78, 5) is 15.2. The number of hydrogen-bond acceptors (Lipinski definition) is 4. The zero-order chi connectivity index (χ0) is 22.6. The van der Waals surface area contributed by atoms with E-state index in [-0.39, 0.29) is 16.7 Å². The molecule has 1 saturated heterocycles. The first kappa shape index (κ1) is 22.6. The van der Waals surface area contributed by atoms with E-state index in [1.165, 1.54) is 15.4 Å². The number of sulfonamides is 1. The first-order valence-electron chi connectivity index (χ1n) is 11.3. The van der Waals surface area contributed by atoms with Crippen LogP contribution in [0.4, 0.5) is 0 Å². The Balaban J connectivity index is 1.33. The lowest BCUT2D eigenvalue weighted by atomic mass is 9.94. The Bertz CT molecular complexity index is 1060. The number of carbonyl (C=O) groups is 1. The molecule has 32 heavy (non-hydrogen) atoms. The third-order valence-electron chi connectivity index (χ3n) is 6.24. The van der Waals surface area contributed by atoms with Crippen LogP contribution in [-0.2, 0) is 14.8 Å². The summed E-state index contributed by atoms with van der Waals surface area (Å²) in [5.74, 6) is 0.682. The van der Waals surface area contributed by atoms with E-state index in [1.54, 1.807) is 24.3 Å². The highest BCUT2D eigenvalue weighted by molar-refractivity contribution is 7.89. The fourth-order valence-corrected chi connectivity index (χ4v) is 5.88. The molecule has 4 rings (SSSR count). The molecular weight excluding hydrogens is 424 g/mol. The number of hydrogen-bond donors (Lipinski definition) is 0. The van der Waals surface area contributed by atoms with Crippen LogP contribution < -0.4 is 4.74 Å². The number of benzene rings is 2. The molecule has 0 spiro atoms. The molecule has 2 aromatic rings. The summed E-state index contributed by atoms with van der Waals surface area (Å²) in [6, 6.07) is 16.8.